The second-order valence-electron chi connectivity index (χ2n) is 4.50. The van der Waals surface area contributed by atoms with Crippen LogP contribution in [0.2, 0.25) is 0 Å². The van der Waals surface area contributed by atoms with Crippen molar-refractivity contribution in [3.05, 3.63) is 35.4 Å². The number of ether oxygens (including phenoxy) is 1. The lowest BCUT2D eigenvalue weighted by Crippen LogP contribution is -2.29. The second-order valence-corrected chi connectivity index (χ2v) is 4.50. The summed E-state index contributed by atoms with van der Waals surface area (Å²) in [6.45, 7) is 3.19. The number of hydrogen-bond donors (Lipinski definition) is 1. The van der Waals surface area contributed by atoms with Crippen LogP contribution in [-0.2, 0) is 17.0 Å². The summed E-state index contributed by atoms with van der Waals surface area (Å²) in [5, 5.41) is 0. The van der Waals surface area contributed by atoms with E-state index in [1.807, 2.05) is 24.3 Å². The summed E-state index contributed by atoms with van der Waals surface area (Å²) in [4.78, 5) is 0. The van der Waals surface area contributed by atoms with Crippen LogP contribution in [0.5, 0.6) is 0 Å². The molecule has 1 aromatic rings. The van der Waals surface area contributed by atoms with Crippen molar-refractivity contribution in [2.45, 2.75) is 25.6 Å². The molecule has 0 amide bonds. The molecule has 0 spiro atoms. The molecule has 1 heterocycles. The van der Waals surface area contributed by atoms with Crippen molar-refractivity contribution in [3.8, 4) is 0 Å². The van der Waals surface area contributed by atoms with Gasteiger partial charge in [0, 0.05) is 19.1 Å². The summed E-state index contributed by atoms with van der Waals surface area (Å²) < 4.78 is 20.1. The number of halogens is 1. The van der Waals surface area contributed by atoms with Crippen molar-refractivity contribution in [1.29, 1.82) is 0 Å². The van der Waals surface area contributed by atoms with E-state index in [1.54, 1.807) is 6.92 Å². The summed E-state index contributed by atoms with van der Waals surface area (Å²) in [6, 6.07) is 7.48. The van der Waals surface area contributed by atoms with E-state index in [4.69, 9.17) is 10.5 Å². The Morgan fingerprint density at radius 3 is 2.88 bits per heavy atom. The topological polar surface area (TPSA) is 35.2 Å². The van der Waals surface area contributed by atoms with Crippen molar-refractivity contribution in [2.75, 3.05) is 13.2 Å². The first-order chi connectivity index (χ1) is 7.66. The summed E-state index contributed by atoms with van der Waals surface area (Å²) >= 11 is 0. The number of hydrogen-bond acceptors (Lipinski definition) is 2. The van der Waals surface area contributed by atoms with Crippen LogP contribution >= 0.6 is 0 Å². The molecule has 1 fully saturated rings. The van der Waals surface area contributed by atoms with Gasteiger partial charge in [-0.05, 0) is 24.5 Å². The Bertz CT molecular complexity index is 359. The fraction of sp³-hybridized carbons (Fsp3) is 0.538. The number of nitrogens with two attached hydrogens (primary N) is 1. The van der Waals surface area contributed by atoms with Crippen molar-refractivity contribution in [3.63, 3.8) is 0 Å². The van der Waals surface area contributed by atoms with Crippen molar-refractivity contribution in [2.24, 2.45) is 11.7 Å². The molecule has 1 saturated heterocycles. The van der Waals surface area contributed by atoms with Crippen LogP contribution < -0.4 is 5.73 Å². The minimum absolute atomic E-state index is 0.0554. The average molecular weight is 223 g/mol. The highest BCUT2D eigenvalue weighted by molar-refractivity contribution is 5.32. The zero-order chi connectivity index (χ0) is 11.6. The highest BCUT2D eigenvalue weighted by atomic mass is 19.1. The maximum atomic E-state index is 14.8. The minimum Gasteiger partial charge on any atom is -0.381 e. The zero-order valence-electron chi connectivity index (χ0n) is 9.58. The van der Waals surface area contributed by atoms with E-state index in [9.17, 15) is 4.39 Å². The Balaban J connectivity index is 2.33. The van der Waals surface area contributed by atoms with Crippen LogP contribution in [0, 0.1) is 5.92 Å². The monoisotopic (exact) mass is 223 g/mol. The predicted octanol–water partition coefficient (Wildman–Crippen LogP) is 2.37. The van der Waals surface area contributed by atoms with Crippen LogP contribution in [0.25, 0.3) is 0 Å². The standard InChI is InChI=1S/C13H18FNO/c1-13(14,11-6-7-16-9-11)12-5-3-2-4-10(12)8-15/h2-5,11H,6-9,15H2,1H3. The molecule has 2 unspecified atom stereocenters. The van der Waals surface area contributed by atoms with Gasteiger partial charge in [0.25, 0.3) is 0 Å². The molecule has 0 bridgehead atoms. The fourth-order valence-electron chi connectivity index (χ4n) is 2.36. The van der Waals surface area contributed by atoms with Crippen LogP contribution in [0.3, 0.4) is 0 Å². The first-order valence-corrected chi connectivity index (χ1v) is 5.71. The third kappa shape index (κ3) is 1.97. The smallest absolute Gasteiger partial charge is 0.138 e. The van der Waals surface area contributed by atoms with Gasteiger partial charge >= 0.3 is 0 Å². The summed E-state index contributed by atoms with van der Waals surface area (Å²) in [5.41, 5.74) is 5.91. The molecular formula is C13H18FNO. The molecule has 0 radical (unpaired) electrons. The summed E-state index contributed by atoms with van der Waals surface area (Å²) in [7, 11) is 0. The summed E-state index contributed by atoms with van der Waals surface area (Å²) in [5.74, 6) is -0.0554. The van der Waals surface area contributed by atoms with Crippen molar-refractivity contribution < 1.29 is 9.13 Å². The Morgan fingerprint density at radius 2 is 2.25 bits per heavy atom. The predicted molar refractivity (Wildman–Crippen MR) is 61.7 cm³/mol. The lowest BCUT2D eigenvalue weighted by atomic mass is 9.82. The third-order valence-corrected chi connectivity index (χ3v) is 3.46. The largest absolute Gasteiger partial charge is 0.381 e. The number of rotatable bonds is 3. The molecule has 88 valence electrons. The Hall–Kier alpha value is -0.930. The van der Waals surface area contributed by atoms with E-state index in [-0.39, 0.29) is 5.92 Å². The highest BCUT2D eigenvalue weighted by Gasteiger charge is 2.39. The van der Waals surface area contributed by atoms with Gasteiger partial charge in [-0.25, -0.2) is 4.39 Å². The fourth-order valence-corrected chi connectivity index (χ4v) is 2.36. The van der Waals surface area contributed by atoms with Crippen molar-refractivity contribution in [1.82, 2.24) is 0 Å². The van der Waals surface area contributed by atoms with Gasteiger partial charge in [-0.15, -0.1) is 0 Å². The highest BCUT2D eigenvalue weighted by Crippen LogP contribution is 2.39. The van der Waals surface area contributed by atoms with E-state index < -0.39 is 5.67 Å². The summed E-state index contributed by atoms with van der Waals surface area (Å²) in [6.07, 6.45) is 0.784. The third-order valence-electron chi connectivity index (χ3n) is 3.46. The van der Waals surface area contributed by atoms with Gasteiger partial charge in [0.1, 0.15) is 5.67 Å². The van der Waals surface area contributed by atoms with Gasteiger partial charge in [-0.3, -0.25) is 0 Å². The molecule has 1 aliphatic rings. The molecule has 0 saturated carbocycles. The van der Waals surface area contributed by atoms with Gasteiger partial charge in [-0.1, -0.05) is 24.3 Å². The molecule has 0 aromatic heterocycles. The van der Waals surface area contributed by atoms with Crippen molar-refractivity contribution >= 4 is 0 Å². The van der Waals surface area contributed by atoms with E-state index in [2.05, 4.69) is 0 Å². The maximum Gasteiger partial charge on any atom is 0.138 e. The quantitative estimate of drug-likeness (QED) is 0.853. The molecule has 2 atom stereocenters. The maximum absolute atomic E-state index is 14.8. The molecule has 2 rings (SSSR count). The number of benzene rings is 1. The van der Waals surface area contributed by atoms with E-state index >= 15 is 0 Å². The van der Waals surface area contributed by atoms with Crippen LogP contribution in [0.1, 0.15) is 24.5 Å². The van der Waals surface area contributed by atoms with Gasteiger partial charge in [0.15, 0.2) is 0 Å². The first-order valence-electron chi connectivity index (χ1n) is 5.71. The van der Waals surface area contributed by atoms with E-state index in [0.717, 1.165) is 12.0 Å². The van der Waals surface area contributed by atoms with Gasteiger partial charge in [0.05, 0.1) is 6.61 Å². The van der Waals surface area contributed by atoms with Gasteiger partial charge in [-0.2, -0.15) is 0 Å². The Kier molecular flexibility index (Phi) is 3.26. The molecule has 2 N–H and O–H groups in total. The molecule has 3 heteroatoms. The van der Waals surface area contributed by atoms with Crippen LogP contribution in [0.4, 0.5) is 4.39 Å². The lowest BCUT2D eigenvalue weighted by Gasteiger charge is -2.28. The van der Waals surface area contributed by atoms with Gasteiger partial charge < -0.3 is 10.5 Å². The zero-order valence-corrected chi connectivity index (χ0v) is 9.58. The average Bonchev–Trinajstić information content (AvgIpc) is 2.83. The Labute approximate surface area is 95.6 Å². The normalized spacial score (nSPS) is 24.3. The molecule has 16 heavy (non-hydrogen) atoms. The van der Waals surface area contributed by atoms with E-state index in [1.165, 1.54) is 0 Å². The molecule has 0 aliphatic carbocycles. The molecule has 1 aromatic carbocycles. The molecule has 2 nitrogen and oxygen atoms in total. The minimum atomic E-state index is -1.34. The lowest BCUT2D eigenvalue weighted by molar-refractivity contribution is 0.0816. The molecular weight excluding hydrogens is 205 g/mol. The SMILES string of the molecule is CC(F)(c1ccccc1CN)C1CCOC1. The molecule has 1 aliphatic heterocycles. The Morgan fingerprint density at radius 1 is 1.50 bits per heavy atom. The van der Waals surface area contributed by atoms with E-state index in [0.29, 0.717) is 25.3 Å². The van der Waals surface area contributed by atoms with Crippen LogP contribution in [-0.4, -0.2) is 13.2 Å². The first kappa shape index (κ1) is 11.6. The number of alkyl halides is 1. The van der Waals surface area contributed by atoms with Gasteiger partial charge in [0.2, 0.25) is 0 Å². The second kappa shape index (κ2) is 4.52. The van der Waals surface area contributed by atoms with Crippen LogP contribution in [0.15, 0.2) is 24.3 Å².